The van der Waals surface area contributed by atoms with Crippen LogP contribution >= 0.6 is 11.6 Å². The van der Waals surface area contributed by atoms with Crippen molar-refractivity contribution in [3.05, 3.63) is 69.6 Å². The molecule has 1 saturated heterocycles. The number of aryl methyl sites for hydroxylation is 1. The van der Waals surface area contributed by atoms with Crippen molar-refractivity contribution >= 4 is 17.3 Å². The molecule has 0 N–H and O–H groups in total. The first kappa shape index (κ1) is 19.5. The number of piperazine rings is 1. The van der Waals surface area contributed by atoms with Crippen LogP contribution in [0.5, 0.6) is 0 Å². The Balaban J connectivity index is 1.51. The van der Waals surface area contributed by atoms with E-state index in [0.717, 1.165) is 42.3 Å². The van der Waals surface area contributed by atoms with Gasteiger partial charge in [0.2, 0.25) is 0 Å². The number of imidazole rings is 1. The van der Waals surface area contributed by atoms with Crippen LogP contribution in [-0.2, 0) is 13.6 Å². The molecule has 0 atom stereocenters. The Morgan fingerprint density at radius 3 is 2.55 bits per heavy atom. The van der Waals surface area contributed by atoms with Gasteiger partial charge in [-0.3, -0.25) is 9.69 Å². The normalized spacial score (nSPS) is 15.1. The van der Waals surface area contributed by atoms with E-state index < -0.39 is 17.2 Å². The lowest BCUT2D eigenvalue weighted by Crippen LogP contribution is -2.46. The van der Waals surface area contributed by atoms with E-state index in [0.29, 0.717) is 24.8 Å². The fourth-order valence-electron chi connectivity index (χ4n) is 3.36. The number of hydrogen-bond acceptors (Lipinski definition) is 5. The van der Waals surface area contributed by atoms with Crippen molar-refractivity contribution in [1.29, 1.82) is 0 Å². The van der Waals surface area contributed by atoms with Gasteiger partial charge in [0.1, 0.15) is 22.4 Å². The van der Waals surface area contributed by atoms with Crippen molar-refractivity contribution in [2.24, 2.45) is 7.05 Å². The molecule has 1 aliphatic rings. The molecule has 152 valence electrons. The number of nitrogens with zero attached hydrogens (tertiary/aromatic N) is 6. The maximum Gasteiger partial charge on any atom is 0.292 e. The highest BCUT2D eigenvalue weighted by Gasteiger charge is 2.23. The molecule has 4 rings (SSSR count). The number of rotatable bonds is 4. The Labute approximate surface area is 170 Å². The van der Waals surface area contributed by atoms with Crippen LogP contribution < -0.4 is 10.5 Å². The van der Waals surface area contributed by atoms with Gasteiger partial charge in [-0.05, 0) is 12.1 Å². The summed E-state index contributed by atoms with van der Waals surface area (Å²) >= 11 is 6.30. The van der Waals surface area contributed by atoms with Gasteiger partial charge in [0, 0.05) is 51.7 Å². The maximum absolute atomic E-state index is 14.0. The molecular formula is C19H19ClF2N6O. The fourth-order valence-corrected chi connectivity index (χ4v) is 3.61. The van der Waals surface area contributed by atoms with E-state index in [2.05, 4.69) is 15.0 Å². The zero-order valence-corrected chi connectivity index (χ0v) is 16.5. The van der Waals surface area contributed by atoms with Crippen LogP contribution in [0.25, 0.3) is 5.69 Å². The Hall–Kier alpha value is -2.78. The van der Waals surface area contributed by atoms with Gasteiger partial charge in [-0.25, -0.2) is 13.8 Å². The van der Waals surface area contributed by atoms with Crippen LogP contribution in [0.3, 0.4) is 0 Å². The average molecular weight is 421 g/mol. The molecule has 1 aliphatic heterocycles. The predicted molar refractivity (Wildman–Crippen MR) is 105 cm³/mol. The third kappa shape index (κ3) is 3.88. The molecule has 10 heteroatoms. The molecular weight excluding hydrogens is 402 g/mol. The van der Waals surface area contributed by atoms with Crippen LogP contribution in [0.1, 0.15) is 5.82 Å². The zero-order valence-electron chi connectivity index (χ0n) is 15.7. The van der Waals surface area contributed by atoms with Crippen molar-refractivity contribution in [2.45, 2.75) is 6.54 Å². The Morgan fingerprint density at radius 2 is 1.90 bits per heavy atom. The predicted octanol–water partition coefficient (Wildman–Crippen LogP) is 2.22. The fraction of sp³-hybridized carbons (Fsp3) is 0.316. The lowest BCUT2D eigenvalue weighted by Gasteiger charge is -2.36. The van der Waals surface area contributed by atoms with Gasteiger partial charge in [-0.1, -0.05) is 11.6 Å². The summed E-state index contributed by atoms with van der Waals surface area (Å²) in [7, 11) is 1.96. The second-order valence-corrected chi connectivity index (χ2v) is 7.25. The third-order valence-electron chi connectivity index (χ3n) is 5.04. The summed E-state index contributed by atoms with van der Waals surface area (Å²) in [5, 5.41) is 4.01. The Bertz CT molecular complexity index is 1090. The van der Waals surface area contributed by atoms with Gasteiger partial charge in [-0.2, -0.15) is 9.78 Å². The lowest BCUT2D eigenvalue weighted by molar-refractivity contribution is 0.241. The molecule has 3 aromatic rings. The molecule has 0 spiro atoms. The summed E-state index contributed by atoms with van der Waals surface area (Å²) in [5.41, 5.74) is -0.290. The van der Waals surface area contributed by atoms with E-state index in [-0.39, 0.29) is 10.7 Å². The largest absolute Gasteiger partial charge is 0.366 e. The van der Waals surface area contributed by atoms with E-state index in [1.807, 2.05) is 22.7 Å². The highest BCUT2D eigenvalue weighted by molar-refractivity contribution is 6.33. The van der Waals surface area contributed by atoms with Crippen molar-refractivity contribution in [3.8, 4) is 5.69 Å². The van der Waals surface area contributed by atoms with E-state index >= 15 is 0 Å². The molecule has 0 aliphatic carbocycles. The molecule has 0 radical (unpaired) electrons. The van der Waals surface area contributed by atoms with Gasteiger partial charge in [-0.15, -0.1) is 0 Å². The van der Waals surface area contributed by atoms with Crippen LogP contribution in [-0.4, -0.2) is 50.4 Å². The second kappa shape index (κ2) is 7.92. The van der Waals surface area contributed by atoms with E-state index in [1.54, 1.807) is 6.20 Å². The molecule has 3 heterocycles. The number of benzene rings is 1. The molecule has 1 aromatic carbocycles. The highest BCUT2D eigenvalue weighted by atomic mass is 35.5. The minimum absolute atomic E-state index is 0.0405. The summed E-state index contributed by atoms with van der Waals surface area (Å²) < 4.78 is 30.0. The van der Waals surface area contributed by atoms with Crippen LogP contribution in [0, 0.1) is 11.6 Å². The van der Waals surface area contributed by atoms with E-state index in [1.165, 1.54) is 6.20 Å². The monoisotopic (exact) mass is 420 g/mol. The van der Waals surface area contributed by atoms with Gasteiger partial charge < -0.3 is 9.47 Å². The molecule has 0 bridgehead atoms. The molecule has 1 fully saturated rings. The van der Waals surface area contributed by atoms with E-state index in [4.69, 9.17) is 11.6 Å². The van der Waals surface area contributed by atoms with Crippen LogP contribution in [0.15, 0.2) is 41.6 Å². The molecule has 0 saturated carbocycles. The molecule has 2 aromatic heterocycles. The summed E-state index contributed by atoms with van der Waals surface area (Å²) in [6, 6.07) is 2.92. The lowest BCUT2D eigenvalue weighted by atomic mass is 10.2. The molecule has 29 heavy (non-hydrogen) atoms. The van der Waals surface area contributed by atoms with Gasteiger partial charge in [0.15, 0.2) is 5.82 Å². The minimum Gasteiger partial charge on any atom is -0.366 e. The average Bonchev–Trinajstić information content (AvgIpc) is 3.10. The molecule has 0 amide bonds. The first-order valence-corrected chi connectivity index (χ1v) is 9.48. The summed E-state index contributed by atoms with van der Waals surface area (Å²) in [5.74, 6) is -0.626. The minimum atomic E-state index is -0.883. The van der Waals surface area contributed by atoms with Gasteiger partial charge in [0.25, 0.3) is 5.56 Å². The van der Waals surface area contributed by atoms with Gasteiger partial charge >= 0.3 is 0 Å². The number of halogens is 3. The van der Waals surface area contributed by atoms with Crippen molar-refractivity contribution in [3.63, 3.8) is 0 Å². The topological polar surface area (TPSA) is 59.2 Å². The first-order chi connectivity index (χ1) is 13.9. The summed E-state index contributed by atoms with van der Waals surface area (Å²) in [6.45, 7) is 3.63. The number of aromatic nitrogens is 4. The Kier molecular flexibility index (Phi) is 5.33. The number of anilines is 1. The van der Waals surface area contributed by atoms with E-state index in [9.17, 15) is 13.6 Å². The summed E-state index contributed by atoms with van der Waals surface area (Å²) in [4.78, 5) is 21.2. The van der Waals surface area contributed by atoms with Crippen LogP contribution in [0.2, 0.25) is 5.02 Å². The zero-order chi connectivity index (χ0) is 20.5. The highest BCUT2D eigenvalue weighted by Crippen LogP contribution is 2.24. The maximum atomic E-state index is 14.0. The quantitative estimate of drug-likeness (QED) is 0.647. The number of hydrogen-bond donors (Lipinski definition) is 0. The molecule has 0 unspecified atom stereocenters. The van der Waals surface area contributed by atoms with Crippen molar-refractivity contribution in [1.82, 2.24) is 24.2 Å². The Morgan fingerprint density at radius 1 is 1.14 bits per heavy atom. The van der Waals surface area contributed by atoms with Gasteiger partial charge in [0.05, 0.1) is 18.4 Å². The third-order valence-corrected chi connectivity index (χ3v) is 5.39. The SMILES string of the molecule is Cn1ccnc1CN1CCN(c2cnn(-c3ccc(F)cc3F)c(=O)c2Cl)CC1. The van der Waals surface area contributed by atoms with Crippen LogP contribution in [0.4, 0.5) is 14.5 Å². The van der Waals surface area contributed by atoms with Crippen molar-refractivity contribution in [2.75, 3.05) is 31.1 Å². The second-order valence-electron chi connectivity index (χ2n) is 6.87. The first-order valence-electron chi connectivity index (χ1n) is 9.11. The van der Waals surface area contributed by atoms with Crippen molar-refractivity contribution < 1.29 is 8.78 Å². The summed E-state index contributed by atoms with van der Waals surface area (Å²) in [6.07, 6.45) is 5.13. The molecule has 7 nitrogen and oxygen atoms in total. The smallest absolute Gasteiger partial charge is 0.292 e. The standard InChI is InChI=1S/C19H19ClF2N6O/c1-25-5-4-23-17(25)12-26-6-8-27(9-7-26)16-11-24-28(19(29)18(16)20)15-3-2-13(21)10-14(15)22/h2-5,10-11H,6-9,12H2,1H3.